The van der Waals surface area contributed by atoms with Crippen molar-refractivity contribution in [3.8, 4) is 0 Å². The Morgan fingerprint density at radius 1 is 1.18 bits per heavy atom. The van der Waals surface area contributed by atoms with Crippen LogP contribution in [0.15, 0.2) is 54.3 Å². The minimum Gasteiger partial charge on any atom is -0.497 e. The molecule has 1 aliphatic carbocycles. The van der Waals surface area contributed by atoms with Crippen molar-refractivity contribution in [1.29, 1.82) is 0 Å². The van der Waals surface area contributed by atoms with E-state index >= 15 is 4.39 Å². The largest absolute Gasteiger partial charge is 0.497 e. The first-order chi connectivity index (χ1) is 8.23. The number of halogens is 1. The van der Waals surface area contributed by atoms with Crippen LogP contribution in [0.2, 0.25) is 0 Å². The highest BCUT2D eigenvalue weighted by molar-refractivity contribution is 5.38. The van der Waals surface area contributed by atoms with Crippen LogP contribution < -0.4 is 0 Å². The molecule has 0 bridgehead atoms. The number of benzene rings is 1. The molecule has 2 unspecified atom stereocenters. The Morgan fingerprint density at radius 2 is 1.88 bits per heavy atom. The number of hydrogen-bond acceptors (Lipinski definition) is 2. The molecule has 0 saturated carbocycles. The van der Waals surface area contributed by atoms with Gasteiger partial charge in [-0.1, -0.05) is 42.5 Å². The molecule has 90 valence electrons. The van der Waals surface area contributed by atoms with E-state index < -0.39 is 11.8 Å². The van der Waals surface area contributed by atoms with Crippen molar-refractivity contribution in [2.24, 2.45) is 0 Å². The van der Waals surface area contributed by atoms with Gasteiger partial charge >= 0.3 is 0 Å². The molecule has 0 aromatic heterocycles. The van der Waals surface area contributed by atoms with Gasteiger partial charge < -0.3 is 9.47 Å². The topological polar surface area (TPSA) is 18.5 Å². The zero-order valence-electron chi connectivity index (χ0n) is 9.89. The quantitative estimate of drug-likeness (QED) is 0.800. The monoisotopic (exact) mass is 234 g/mol. The van der Waals surface area contributed by atoms with Crippen LogP contribution in [0.1, 0.15) is 5.56 Å². The van der Waals surface area contributed by atoms with Gasteiger partial charge in [0, 0.05) is 7.11 Å². The van der Waals surface area contributed by atoms with Gasteiger partial charge in [-0.2, -0.15) is 0 Å². The van der Waals surface area contributed by atoms with Crippen molar-refractivity contribution < 1.29 is 13.9 Å². The molecule has 0 aliphatic heterocycles. The molecule has 2 nitrogen and oxygen atoms in total. The second kappa shape index (κ2) is 4.72. The fourth-order valence-electron chi connectivity index (χ4n) is 2.08. The van der Waals surface area contributed by atoms with Gasteiger partial charge in [-0.15, -0.1) is 0 Å². The highest BCUT2D eigenvalue weighted by Gasteiger charge is 2.46. The summed E-state index contributed by atoms with van der Waals surface area (Å²) in [5, 5.41) is 0. The van der Waals surface area contributed by atoms with Crippen LogP contribution in [0, 0.1) is 0 Å². The van der Waals surface area contributed by atoms with Crippen molar-refractivity contribution in [3.63, 3.8) is 0 Å². The number of ether oxygens (including phenoxy) is 2. The lowest BCUT2D eigenvalue weighted by atomic mass is 9.85. The van der Waals surface area contributed by atoms with E-state index in [4.69, 9.17) is 9.47 Å². The Balaban J connectivity index is 2.51. The van der Waals surface area contributed by atoms with Gasteiger partial charge in [0.15, 0.2) is 0 Å². The predicted octanol–water partition coefficient (Wildman–Crippen LogP) is 2.97. The summed E-state index contributed by atoms with van der Waals surface area (Å²) in [4.78, 5) is 0. The van der Waals surface area contributed by atoms with E-state index in [1.165, 1.54) is 14.2 Å². The standard InChI is InChI=1S/C14H15FO2/c1-16-12-9-6-10-13(17-2)14(12,15)11-7-4-3-5-8-11/h3-10,12H,1-2H3. The molecule has 2 rings (SSSR count). The zero-order chi connectivity index (χ0) is 12.3. The highest BCUT2D eigenvalue weighted by atomic mass is 19.1. The number of allylic oxidation sites excluding steroid dienone is 2. The molecule has 1 aliphatic rings. The van der Waals surface area contributed by atoms with Crippen molar-refractivity contribution in [1.82, 2.24) is 0 Å². The summed E-state index contributed by atoms with van der Waals surface area (Å²) in [6, 6.07) is 8.92. The molecule has 0 radical (unpaired) electrons. The number of alkyl halides is 1. The predicted molar refractivity (Wildman–Crippen MR) is 64.3 cm³/mol. The van der Waals surface area contributed by atoms with E-state index in [0.29, 0.717) is 5.56 Å². The first kappa shape index (κ1) is 11.9. The second-order valence-corrected chi connectivity index (χ2v) is 3.85. The maximum Gasteiger partial charge on any atom is 0.221 e. The molecule has 0 spiro atoms. The van der Waals surface area contributed by atoms with Crippen LogP contribution in [-0.4, -0.2) is 20.3 Å². The van der Waals surface area contributed by atoms with Crippen LogP contribution in [0.3, 0.4) is 0 Å². The van der Waals surface area contributed by atoms with Crippen LogP contribution in [-0.2, 0) is 15.1 Å². The molecular weight excluding hydrogens is 219 g/mol. The van der Waals surface area contributed by atoms with Crippen molar-refractivity contribution >= 4 is 0 Å². The average molecular weight is 234 g/mol. The SMILES string of the molecule is COC1=CC=CC(OC)C1(F)c1ccccc1. The van der Waals surface area contributed by atoms with Gasteiger partial charge in [0.05, 0.1) is 7.11 Å². The Labute approximate surface area is 100 Å². The van der Waals surface area contributed by atoms with Crippen molar-refractivity contribution in [3.05, 3.63) is 59.9 Å². The molecule has 0 fully saturated rings. The van der Waals surface area contributed by atoms with Crippen LogP contribution in [0.4, 0.5) is 4.39 Å². The zero-order valence-corrected chi connectivity index (χ0v) is 9.89. The normalized spacial score (nSPS) is 27.7. The molecule has 17 heavy (non-hydrogen) atoms. The number of rotatable bonds is 3. The summed E-state index contributed by atoms with van der Waals surface area (Å²) < 4.78 is 25.6. The average Bonchev–Trinajstić information content (AvgIpc) is 2.40. The van der Waals surface area contributed by atoms with Gasteiger partial charge in [-0.25, -0.2) is 4.39 Å². The van der Waals surface area contributed by atoms with E-state index in [-0.39, 0.29) is 5.76 Å². The van der Waals surface area contributed by atoms with Gasteiger partial charge in [0.25, 0.3) is 0 Å². The summed E-state index contributed by atoms with van der Waals surface area (Å²) in [5.41, 5.74) is -1.23. The summed E-state index contributed by atoms with van der Waals surface area (Å²) in [7, 11) is 2.96. The molecule has 0 amide bonds. The first-order valence-corrected chi connectivity index (χ1v) is 5.43. The van der Waals surface area contributed by atoms with Gasteiger partial charge in [0.2, 0.25) is 5.67 Å². The number of hydrogen-bond donors (Lipinski definition) is 0. The van der Waals surface area contributed by atoms with E-state index in [9.17, 15) is 0 Å². The van der Waals surface area contributed by atoms with Crippen LogP contribution in [0.25, 0.3) is 0 Å². The Bertz CT molecular complexity index is 439. The molecular formula is C14H15FO2. The Kier molecular flexibility index (Phi) is 3.29. The lowest BCUT2D eigenvalue weighted by Crippen LogP contribution is -2.39. The third kappa shape index (κ3) is 1.87. The first-order valence-electron chi connectivity index (χ1n) is 5.43. The third-order valence-electron chi connectivity index (χ3n) is 2.95. The summed E-state index contributed by atoms with van der Waals surface area (Å²) >= 11 is 0. The molecule has 1 aromatic rings. The molecule has 0 saturated heterocycles. The summed E-state index contributed by atoms with van der Waals surface area (Å²) in [6.45, 7) is 0. The second-order valence-electron chi connectivity index (χ2n) is 3.85. The van der Waals surface area contributed by atoms with Gasteiger partial charge in [-0.3, -0.25) is 0 Å². The molecule has 2 atom stereocenters. The molecule has 3 heteroatoms. The van der Waals surface area contributed by atoms with Gasteiger partial charge in [0.1, 0.15) is 11.9 Å². The fourth-order valence-corrected chi connectivity index (χ4v) is 2.08. The van der Waals surface area contributed by atoms with Gasteiger partial charge in [-0.05, 0) is 11.6 Å². The Hall–Kier alpha value is -1.61. The number of methoxy groups -OCH3 is 2. The lowest BCUT2D eigenvalue weighted by molar-refractivity contribution is -0.0219. The fraction of sp³-hybridized carbons (Fsp3) is 0.286. The third-order valence-corrected chi connectivity index (χ3v) is 2.95. The summed E-state index contributed by atoms with van der Waals surface area (Å²) in [5.74, 6) is 0.262. The maximum atomic E-state index is 15.3. The minimum atomic E-state index is -1.76. The summed E-state index contributed by atoms with van der Waals surface area (Å²) in [6.07, 6.45) is 4.39. The van der Waals surface area contributed by atoms with E-state index in [1.54, 1.807) is 42.5 Å². The highest BCUT2D eigenvalue weighted by Crippen LogP contribution is 2.41. The van der Waals surface area contributed by atoms with E-state index in [2.05, 4.69) is 0 Å². The van der Waals surface area contributed by atoms with E-state index in [0.717, 1.165) is 0 Å². The van der Waals surface area contributed by atoms with Crippen molar-refractivity contribution in [2.75, 3.05) is 14.2 Å². The molecule has 0 heterocycles. The smallest absolute Gasteiger partial charge is 0.221 e. The molecule has 0 N–H and O–H groups in total. The van der Waals surface area contributed by atoms with E-state index in [1.807, 2.05) is 6.07 Å². The molecule has 1 aromatic carbocycles. The maximum absolute atomic E-state index is 15.3. The van der Waals surface area contributed by atoms with Crippen LogP contribution >= 0.6 is 0 Å². The van der Waals surface area contributed by atoms with Crippen molar-refractivity contribution in [2.45, 2.75) is 11.8 Å². The Morgan fingerprint density at radius 3 is 2.47 bits per heavy atom. The minimum absolute atomic E-state index is 0.262. The van der Waals surface area contributed by atoms with Crippen LogP contribution in [0.5, 0.6) is 0 Å². The lowest BCUT2D eigenvalue weighted by Gasteiger charge is -2.34.